The number of carbonyl (C=O) groups is 1. The summed E-state index contributed by atoms with van der Waals surface area (Å²) in [5.74, 6) is -0.830. The minimum Gasteiger partial charge on any atom is -0.481 e. The zero-order valence-corrected chi connectivity index (χ0v) is 8.10. The Bertz CT molecular complexity index is 164. The van der Waals surface area contributed by atoms with Crippen LogP contribution >= 0.6 is 11.6 Å². The molecule has 1 N–H and O–H groups in total. The number of carboxylic acids is 1. The lowest BCUT2D eigenvalue weighted by atomic mass is 10.2. The van der Waals surface area contributed by atoms with Crippen LogP contribution in [0.25, 0.3) is 0 Å². The van der Waals surface area contributed by atoms with E-state index in [1.807, 2.05) is 0 Å². The molecule has 0 unspecified atom stereocenters. The molecule has 0 amide bonds. The fourth-order valence-corrected chi connectivity index (χ4v) is 1.05. The van der Waals surface area contributed by atoms with E-state index in [4.69, 9.17) is 16.7 Å². The van der Waals surface area contributed by atoms with Crippen LogP contribution in [-0.4, -0.2) is 11.1 Å². The Morgan fingerprint density at radius 2 is 2.17 bits per heavy atom. The molecule has 0 radical (unpaired) electrons. The Morgan fingerprint density at radius 1 is 1.50 bits per heavy atom. The van der Waals surface area contributed by atoms with Crippen LogP contribution in [-0.2, 0) is 4.79 Å². The molecule has 70 valence electrons. The Morgan fingerprint density at radius 3 is 2.67 bits per heavy atom. The lowest BCUT2D eigenvalue weighted by Gasteiger charge is -1.96. The maximum atomic E-state index is 10.1. The summed E-state index contributed by atoms with van der Waals surface area (Å²) in [4.78, 5) is 10.1. The molecule has 12 heavy (non-hydrogen) atoms. The second kappa shape index (κ2) is 7.17. The molecule has 0 rings (SSSR count). The highest BCUT2D eigenvalue weighted by Gasteiger charge is 1.95. The first kappa shape index (κ1) is 11.5. The number of rotatable bonds is 6. The van der Waals surface area contributed by atoms with Crippen LogP contribution in [0.5, 0.6) is 0 Å². The van der Waals surface area contributed by atoms with E-state index in [9.17, 15) is 4.79 Å². The Kier molecular flexibility index (Phi) is 6.87. The number of hydrogen-bond donors (Lipinski definition) is 1. The molecule has 0 saturated heterocycles. The van der Waals surface area contributed by atoms with Crippen molar-refractivity contribution in [1.29, 1.82) is 0 Å². The lowest BCUT2D eigenvalue weighted by molar-refractivity contribution is -0.136. The molecule has 0 aromatic carbocycles. The van der Waals surface area contributed by atoms with Crippen molar-refractivity contribution in [2.45, 2.75) is 39.0 Å². The minimum absolute atomic E-state index is 0.0327. The molecule has 0 aliphatic heterocycles. The number of carboxylic acid groups (broad SMARTS) is 1. The molecule has 0 atom stereocenters. The molecule has 3 heteroatoms. The average molecular weight is 191 g/mol. The average Bonchev–Trinajstić information content (AvgIpc) is 2.01. The molecule has 0 aromatic rings. The normalized spacial score (nSPS) is 11.7. The predicted octanol–water partition coefficient (Wildman–Crippen LogP) is 3.16. The highest BCUT2D eigenvalue weighted by Crippen LogP contribution is 2.13. The highest BCUT2D eigenvalue weighted by molar-refractivity contribution is 6.29. The molecule has 2 nitrogen and oxygen atoms in total. The van der Waals surface area contributed by atoms with Gasteiger partial charge in [0.15, 0.2) is 0 Å². The van der Waals surface area contributed by atoms with Crippen LogP contribution in [0, 0.1) is 0 Å². The van der Waals surface area contributed by atoms with E-state index in [0.717, 1.165) is 25.7 Å². The summed E-state index contributed by atoms with van der Waals surface area (Å²) in [6, 6.07) is 0. The van der Waals surface area contributed by atoms with Gasteiger partial charge in [-0.2, -0.15) is 0 Å². The molecule has 0 aliphatic rings. The first-order valence-corrected chi connectivity index (χ1v) is 4.61. The first-order chi connectivity index (χ1) is 5.66. The quantitative estimate of drug-likeness (QED) is 0.654. The van der Waals surface area contributed by atoms with E-state index in [1.165, 1.54) is 0 Å². The van der Waals surface area contributed by atoms with Crippen molar-refractivity contribution in [3.8, 4) is 0 Å². The van der Waals surface area contributed by atoms with Crippen molar-refractivity contribution in [3.63, 3.8) is 0 Å². The molecular formula is C9H15ClO2. The van der Waals surface area contributed by atoms with Crippen molar-refractivity contribution < 1.29 is 9.90 Å². The summed E-state index contributed by atoms with van der Waals surface area (Å²) < 4.78 is 0. The Labute approximate surface area is 78.2 Å². The monoisotopic (exact) mass is 190 g/mol. The highest BCUT2D eigenvalue weighted by atomic mass is 35.5. The standard InChI is InChI=1S/C9H15ClO2/c1-2-3-4-5-8(10)6-7-9(11)12/h6H,2-5,7H2,1H3,(H,11,12)/b8-6+. The SMILES string of the molecule is CCCCC/C(Cl)=C\CC(=O)O. The van der Waals surface area contributed by atoms with Gasteiger partial charge in [0.1, 0.15) is 0 Å². The third kappa shape index (κ3) is 7.61. The summed E-state index contributed by atoms with van der Waals surface area (Å²) in [6.07, 6.45) is 5.76. The number of hydrogen-bond acceptors (Lipinski definition) is 1. The molecule has 0 saturated carbocycles. The van der Waals surface area contributed by atoms with Gasteiger partial charge in [-0.15, -0.1) is 0 Å². The molecule has 0 aromatic heterocycles. The summed E-state index contributed by atoms with van der Waals surface area (Å²) in [7, 11) is 0. The molecule has 0 aliphatic carbocycles. The Hall–Kier alpha value is -0.500. The van der Waals surface area contributed by atoms with Crippen molar-refractivity contribution in [2.24, 2.45) is 0 Å². The maximum absolute atomic E-state index is 10.1. The van der Waals surface area contributed by atoms with Gasteiger partial charge in [0.05, 0.1) is 6.42 Å². The zero-order valence-electron chi connectivity index (χ0n) is 7.35. The summed E-state index contributed by atoms with van der Waals surface area (Å²) >= 11 is 5.76. The van der Waals surface area contributed by atoms with Gasteiger partial charge in [-0.3, -0.25) is 4.79 Å². The van der Waals surface area contributed by atoms with Gasteiger partial charge in [-0.1, -0.05) is 37.4 Å². The van der Waals surface area contributed by atoms with Crippen molar-refractivity contribution in [3.05, 3.63) is 11.1 Å². The Balaban J connectivity index is 3.49. The second-order valence-electron chi connectivity index (χ2n) is 2.71. The molecule has 0 fully saturated rings. The number of aliphatic carboxylic acids is 1. The van der Waals surface area contributed by atoms with Crippen LogP contribution in [0.4, 0.5) is 0 Å². The fraction of sp³-hybridized carbons (Fsp3) is 0.667. The summed E-state index contributed by atoms with van der Waals surface area (Å²) in [6.45, 7) is 2.12. The summed E-state index contributed by atoms with van der Waals surface area (Å²) in [5.41, 5.74) is 0. The smallest absolute Gasteiger partial charge is 0.307 e. The van der Waals surface area contributed by atoms with Crippen LogP contribution in [0.15, 0.2) is 11.1 Å². The summed E-state index contributed by atoms with van der Waals surface area (Å²) in [5, 5.41) is 9.00. The second-order valence-corrected chi connectivity index (χ2v) is 3.19. The maximum Gasteiger partial charge on any atom is 0.307 e. The van der Waals surface area contributed by atoms with Gasteiger partial charge in [-0.05, 0) is 12.8 Å². The van der Waals surface area contributed by atoms with Crippen molar-refractivity contribution in [2.75, 3.05) is 0 Å². The minimum atomic E-state index is -0.830. The topological polar surface area (TPSA) is 37.3 Å². The number of halogens is 1. The van der Waals surface area contributed by atoms with Gasteiger partial charge in [0.2, 0.25) is 0 Å². The molecule has 0 spiro atoms. The van der Waals surface area contributed by atoms with Crippen molar-refractivity contribution in [1.82, 2.24) is 0 Å². The molecule has 0 heterocycles. The van der Waals surface area contributed by atoms with Crippen molar-refractivity contribution >= 4 is 17.6 Å². The molecular weight excluding hydrogens is 176 g/mol. The largest absolute Gasteiger partial charge is 0.481 e. The zero-order chi connectivity index (χ0) is 9.40. The van der Waals surface area contributed by atoms with E-state index in [0.29, 0.717) is 5.03 Å². The van der Waals surface area contributed by atoms with E-state index >= 15 is 0 Å². The number of unbranched alkanes of at least 4 members (excludes halogenated alkanes) is 2. The number of allylic oxidation sites excluding steroid dienone is 1. The van der Waals surface area contributed by atoms with E-state index in [1.54, 1.807) is 6.08 Å². The van der Waals surface area contributed by atoms with Crippen LogP contribution in [0.3, 0.4) is 0 Å². The fourth-order valence-electron chi connectivity index (χ4n) is 0.844. The van der Waals surface area contributed by atoms with E-state index < -0.39 is 5.97 Å². The van der Waals surface area contributed by atoms with Gasteiger partial charge >= 0.3 is 5.97 Å². The third-order valence-electron chi connectivity index (χ3n) is 1.52. The van der Waals surface area contributed by atoms with Gasteiger partial charge in [-0.25, -0.2) is 0 Å². The molecule has 0 bridgehead atoms. The van der Waals surface area contributed by atoms with E-state index in [-0.39, 0.29) is 6.42 Å². The van der Waals surface area contributed by atoms with Gasteiger partial charge in [0, 0.05) is 5.03 Å². The van der Waals surface area contributed by atoms with Gasteiger partial charge in [0.25, 0.3) is 0 Å². The third-order valence-corrected chi connectivity index (χ3v) is 1.86. The lowest BCUT2D eigenvalue weighted by Crippen LogP contribution is -1.90. The predicted molar refractivity (Wildman–Crippen MR) is 50.3 cm³/mol. The van der Waals surface area contributed by atoms with E-state index in [2.05, 4.69) is 6.92 Å². The van der Waals surface area contributed by atoms with Crippen LogP contribution < -0.4 is 0 Å². The van der Waals surface area contributed by atoms with Gasteiger partial charge < -0.3 is 5.11 Å². The van der Waals surface area contributed by atoms with Crippen LogP contribution in [0.1, 0.15) is 39.0 Å². The first-order valence-electron chi connectivity index (χ1n) is 4.23. The van der Waals surface area contributed by atoms with Crippen LogP contribution in [0.2, 0.25) is 0 Å².